The first-order valence-corrected chi connectivity index (χ1v) is 5.84. The van der Waals surface area contributed by atoms with Crippen LogP contribution in [-0.4, -0.2) is 35.2 Å². The molecule has 0 fully saturated rings. The molecular weight excluding hydrogens is 204 g/mol. The van der Waals surface area contributed by atoms with Gasteiger partial charge in [-0.25, -0.2) is 0 Å². The van der Waals surface area contributed by atoms with E-state index in [2.05, 4.69) is 10.6 Å². The summed E-state index contributed by atoms with van der Waals surface area (Å²) in [5.74, 6) is 0.0586. The lowest BCUT2D eigenvalue weighted by molar-refractivity contribution is -0.122. The fourth-order valence-electron chi connectivity index (χ4n) is 1.20. The highest BCUT2D eigenvalue weighted by Gasteiger charge is 2.13. The van der Waals surface area contributed by atoms with Gasteiger partial charge < -0.3 is 15.7 Å². The first-order chi connectivity index (χ1) is 7.10. The molecule has 96 valence electrons. The van der Waals surface area contributed by atoms with Crippen LogP contribution in [0.25, 0.3) is 0 Å². The zero-order chi connectivity index (χ0) is 12.8. The highest BCUT2D eigenvalue weighted by atomic mass is 16.3. The standard InChI is InChI=1S/C12H26N2O2/c1-11(2,3)14-10(15)6-8-13-9-7-12(4,5)16/h13,16H,6-9H2,1-5H3,(H,14,15). The van der Waals surface area contributed by atoms with Crippen LogP contribution in [0.15, 0.2) is 0 Å². The Morgan fingerprint density at radius 1 is 1.12 bits per heavy atom. The fourth-order valence-corrected chi connectivity index (χ4v) is 1.20. The van der Waals surface area contributed by atoms with Crippen molar-refractivity contribution >= 4 is 5.91 Å². The van der Waals surface area contributed by atoms with Gasteiger partial charge in [-0.3, -0.25) is 4.79 Å². The predicted octanol–water partition coefficient (Wildman–Crippen LogP) is 1.04. The molecule has 0 saturated heterocycles. The van der Waals surface area contributed by atoms with Crippen molar-refractivity contribution in [3.63, 3.8) is 0 Å². The Morgan fingerprint density at radius 2 is 1.69 bits per heavy atom. The van der Waals surface area contributed by atoms with E-state index in [0.29, 0.717) is 19.4 Å². The van der Waals surface area contributed by atoms with Crippen molar-refractivity contribution in [1.82, 2.24) is 10.6 Å². The minimum Gasteiger partial charge on any atom is -0.390 e. The predicted molar refractivity (Wildman–Crippen MR) is 66.3 cm³/mol. The van der Waals surface area contributed by atoms with Crippen molar-refractivity contribution in [3.8, 4) is 0 Å². The number of carbonyl (C=O) groups is 1. The maximum absolute atomic E-state index is 11.4. The summed E-state index contributed by atoms with van der Waals surface area (Å²) in [5, 5.41) is 15.5. The van der Waals surface area contributed by atoms with Crippen LogP contribution in [0.5, 0.6) is 0 Å². The Kier molecular flexibility index (Phi) is 5.97. The number of carbonyl (C=O) groups excluding carboxylic acids is 1. The van der Waals surface area contributed by atoms with Gasteiger partial charge >= 0.3 is 0 Å². The van der Waals surface area contributed by atoms with Gasteiger partial charge in [-0.2, -0.15) is 0 Å². The number of amides is 1. The van der Waals surface area contributed by atoms with E-state index in [0.717, 1.165) is 6.54 Å². The molecule has 0 radical (unpaired) electrons. The summed E-state index contributed by atoms with van der Waals surface area (Å²) in [4.78, 5) is 11.4. The largest absolute Gasteiger partial charge is 0.390 e. The van der Waals surface area contributed by atoms with Crippen molar-refractivity contribution in [2.45, 2.75) is 58.6 Å². The molecule has 3 N–H and O–H groups in total. The van der Waals surface area contributed by atoms with E-state index in [9.17, 15) is 9.90 Å². The zero-order valence-corrected chi connectivity index (χ0v) is 11.2. The van der Waals surface area contributed by atoms with Crippen molar-refractivity contribution in [2.24, 2.45) is 0 Å². The maximum Gasteiger partial charge on any atom is 0.221 e. The Hall–Kier alpha value is -0.610. The molecule has 0 spiro atoms. The molecule has 1 amide bonds. The average Bonchev–Trinajstić information content (AvgIpc) is 1.97. The summed E-state index contributed by atoms with van der Waals surface area (Å²) >= 11 is 0. The van der Waals surface area contributed by atoms with E-state index in [4.69, 9.17) is 0 Å². The minimum atomic E-state index is -0.638. The van der Waals surface area contributed by atoms with Gasteiger partial charge in [0.05, 0.1) is 5.60 Å². The summed E-state index contributed by atoms with van der Waals surface area (Å²) in [6.07, 6.45) is 1.16. The highest BCUT2D eigenvalue weighted by molar-refractivity contribution is 5.76. The van der Waals surface area contributed by atoms with Crippen LogP contribution in [0.4, 0.5) is 0 Å². The highest BCUT2D eigenvalue weighted by Crippen LogP contribution is 2.04. The van der Waals surface area contributed by atoms with Gasteiger partial charge in [0.15, 0.2) is 0 Å². The van der Waals surface area contributed by atoms with E-state index >= 15 is 0 Å². The van der Waals surface area contributed by atoms with E-state index in [1.54, 1.807) is 13.8 Å². The van der Waals surface area contributed by atoms with Crippen molar-refractivity contribution in [3.05, 3.63) is 0 Å². The second-order valence-corrected chi connectivity index (χ2v) is 5.86. The second kappa shape index (κ2) is 6.21. The van der Waals surface area contributed by atoms with E-state index in [-0.39, 0.29) is 11.4 Å². The van der Waals surface area contributed by atoms with E-state index < -0.39 is 5.60 Å². The second-order valence-electron chi connectivity index (χ2n) is 5.86. The van der Waals surface area contributed by atoms with Crippen LogP contribution in [0, 0.1) is 0 Å². The lowest BCUT2D eigenvalue weighted by atomic mass is 10.1. The number of hydrogen-bond donors (Lipinski definition) is 3. The molecule has 0 atom stereocenters. The Bertz CT molecular complexity index is 214. The van der Waals surface area contributed by atoms with Gasteiger partial charge in [-0.15, -0.1) is 0 Å². The summed E-state index contributed by atoms with van der Waals surface area (Å²) in [6, 6.07) is 0. The molecule has 0 unspecified atom stereocenters. The van der Waals surface area contributed by atoms with Crippen molar-refractivity contribution in [1.29, 1.82) is 0 Å². The van der Waals surface area contributed by atoms with Crippen LogP contribution in [0.3, 0.4) is 0 Å². The maximum atomic E-state index is 11.4. The molecule has 0 aliphatic heterocycles. The average molecular weight is 230 g/mol. The van der Waals surface area contributed by atoms with Gasteiger partial charge in [-0.1, -0.05) is 0 Å². The fraction of sp³-hybridized carbons (Fsp3) is 0.917. The van der Waals surface area contributed by atoms with Gasteiger partial charge in [0.1, 0.15) is 0 Å². The molecule has 0 aliphatic carbocycles. The van der Waals surface area contributed by atoms with Crippen LogP contribution < -0.4 is 10.6 Å². The third kappa shape index (κ3) is 11.5. The molecule has 4 nitrogen and oxygen atoms in total. The third-order valence-electron chi connectivity index (χ3n) is 1.96. The van der Waals surface area contributed by atoms with Gasteiger partial charge in [0.25, 0.3) is 0 Å². The zero-order valence-electron chi connectivity index (χ0n) is 11.2. The minimum absolute atomic E-state index is 0.0586. The topological polar surface area (TPSA) is 61.4 Å². The summed E-state index contributed by atoms with van der Waals surface area (Å²) < 4.78 is 0. The quantitative estimate of drug-likeness (QED) is 0.598. The van der Waals surface area contributed by atoms with Crippen LogP contribution in [0.2, 0.25) is 0 Å². The first kappa shape index (κ1) is 15.4. The smallest absolute Gasteiger partial charge is 0.221 e. The van der Waals surface area contributed by atoms with Crippen LogP contribution >= 0.6 is 0 Å². The molecule has 0 saturated carbocycles. The van der Waals surface area contributed by atoms with Gasteiger partial charge in [0.2, 0.25) is 5.91 Å². The molecule has 0 aromatic rings. The van der Waals surface area contributed by atoms with Crippen LogP contribution in [-0.2, 0) is 4.79 Å². The Morgan fingerprint density at radius 3 is 2.12 bits per heavy atom. The lowest BCUT2D eigenvalue weighted by Gasteiger charge is -2.20. The number of nitrogens with one attached hydrogen (secondary N) is 2. The normalized spacial score (nSPS) is 12.6. The van der Waals surface area contributed by atoms with Crippen LogP contribution in [0.1, 0.15) is 47.5 Å². The molecule has 0 aromatic heterocycles. The molecule has 0 bridgehead atoms. The Balaban J connectivity index is 3.50. The molecule has 0 rings (SSSR count). The first-order valence-electron chi connectivity index (χ1n) is 5.84. The summed E-state index contributed by atoms with van der Waals surface area (Å²) in [5.41, 5.74) is -0.801. The van der Waals surface area contributed by atoms with E-state index in [1.807, 2.05) is 20.8 Å². The van der Waals surface area contributed by atoms with Gasteiger partial charge in [0, 0.05) is 18.5 Å². The Labute approximate surface area is 98.8 Å². The molecule has 0 heterocycles. The molecule has 0 aromatic carbocycles. The molecule has 16 heavy (non-hydrogen) atoms. The SMILES string of the molecule is CC(C)(O)CCNCCC(=O)NC(C)(C)C. The lowest BCUT2D eigenvalue weighted by Crippen LogP contribution is -2.41. The third-order valence-corrected chi connectivity index (χ3v) is 1.96. The number of aliphatic hydroxyl groups is 1. The molecule has 4 heteroatoms. The summed E-state index contributed by atoms with van der Waals surface area (Å²) in [7, 11) is 0. The van der Waals surface area contributed by atoms with E-state index in [1.165, 1.54) is 0 Å². The van der Waals surface area contributed by atoms with Gasteiger partial charge in [-0.05, 0) is 47.6 Å². The monoisotopic (exact) mass is 230 g/mol. The molecule has 0 aliphatic rings. The summed E-state index contributed by atoms with van der Waals surface area (Å²) in [6.45, 7) is 10.8. The number of hydrogen-bond acceptors (Lipinski definition) is 3. The number of rotatable bonds is 6. The molecular formula is C12H26N2O2. The van der Waals surface area contributed by atoms with Crippen molar-refractivity contribution < 1.29 is 9.90 Å². The van der Waals surface area contributed by atoms with Crippen molar-refractivity contribution in [2.75, 3.05) is 13.1 Å².